The molecule has 1 aliphatic heterocycles. The van der Waals surface area contributed by atoms with Crippen LogP contribution in [0.5, 0.6) is 0 Å². The highest BCUT2D eigenvalue weighted by Gasteiger charge is 2.45. The third-order valence-electron chi connectivity index (χ3n) is 5.56. The monoisotopic (exact) mass is 422 g/mol. The van der Waals surface area contributed by atoms with Crippen LogP contribution in [0, 0.1) is 11.8 Å². The fraction of sp³-hybridized carbons (Fsp3) is 0.591. The predicted molar refractivity (Wildman–Crippen MR) is 107 cm³/mol. The normalized spacial score (nSPS) is 33.9. The van der Waals surface area contributed by atoms with E-state index < -0.39 is 54.8 Å². The lowest BCUT2D eigenvalue weighted by Crippen LogP contribution is -2.36. The van der Waals surface area contributed by atoms with E-state index in [9.17, 15) is 24.6 Å². The van der Waals surface area contributed by atoms with Crippen LogP contribution in [-0.2, 0) is 28.6 Å². The van der Waals surface area contributed by atoms with Crippen molar-refractivity contribution in [3.8, 4) is 0 Å². The summed E-state index contributed by atoms with van der Waals surface area (Å²) in [6.45, 7) is 9.80. The molecular weight excluding hydrogens is 392 g/mol. The lowest BCUT2D eigenvalue weighted by atomic mass is 9.85. The maximum atomic E-state index is 12.5. The Morgan fingerprint density at radius 1 is 1.33 bits per heavy atom. The number of rotatable bonds is 5. The first-order valence-electron chi connectivity index (χ1n) is 10.0. The Morgan fingerprint density at radius 2 is 2.00 bits per heavy atom. The molecule has 166 valence electrons. The van der Waals surface area contributed by atoms with Crippen molar-refractivity contribution in [3.63, 3.8) is 0 Å². The van der Waals surface area contributed by atoms with E-state index in [-0.39, 0.29) is 23.5 Å². The Bertz CT molecular complexity index is 765. The molecule has 1 fully saturated rings. The van der Waals surface area contributed by atoms with E-state index >= 15 is 0 Å². The lowest BCUT2D eigenvalue weighted by molar-refractivity contribution is -0.154. The summed E-state index contributed by atoms with van der Waals surface area (Å²) in [4.78, 5) is 36.2. The zero-order chi connectivity index (χ0) is 22.6. The molecule has 0 bridgehead atoms. The van der Waals surface area contributed by atoms with Gasteiger partial charge in [-0.2, -0.15) is 0 Å². The van der Waals surface area contributed by atoms with Gasteiger partial charge in [0.2, 0.25) is 0 Å². The molecule has 0 radical (unpaired) electrons. The van der Waals surface area contributed by atoms with Crippen LogP contribution in [0.2, 0.25) is 0 Å². The molecule has 1 aliphatic carbocycles. The van der Waals surface area contributed by atoms with E-state index in [1.165, 1.54) is 13.0 Å². The highest BCUT2D eigenvalue weighted by Crippen LogP contribution is 2.36. The maximum absolute atomic E-state index is 12.5. The van der Waals surface area contributed by atoms with Gasteiger partial charge in [-0.05, 0) is 36.6 Å². The van der Waals surface area contributed by atoms with Crippen LogP contribution in [0.1, 0.15) is 40.5 Å². The molecule has 1 saturated heterocycles. The van der Waals surface area contributed by atoms with E-state index in [0.717, 1.165) is 0 Å². The summed E-state index contributed by atoms with van der Waals surface area (Å²) in [6, 6.07) is 0. The van der Waals surface area contributed by atoms with Crippen molar-refractivity contribution in [1.82, 2.24) is 0 Å². The quantitative estimate of drug-likeness (QED) is 0.297. The number of fused-ring (bicyclic) bond motifs is 1. The molecule has 2 rings (SSSR count). The standard InChI is InChI=1S/C22H30O8/c1-6-11(2)21(26)29-18-7-12(3)16(25)9-17(28-14(5)24)15(10-23)8-19-20(18)13(4)22(27)30-19/h7-8,11,16-20,23,25H,4,6,9-10H2,1-3,5H3/b12-7+,15-8-/t11-,16-,17+,18-,19-,20-/m1/s1. The Morgan fingerprint density at radius 3 is 2.57 bits per heavy atom. The highest BCUT2D eigenvalue weighted by atomic mass is 16.6. The van der Waals surface area contributed by atoms with Crippen molar-refractivity contribution < 1.29 is 38.8 Å². The molecular formula is C22H30O8. The minimum absolute atomic E-state index is 0.00733. The third kappa shape index (κ3) is 5.37. The third-order valence-corrected chi connectivity index (χ3v) is 5.56. The first-order chi connectivity index (χ1) is 14.1. The van der Waals surface area contributed by atoms with E-state index in [0.29, 0.717) is 12.0 Å². The van der Waals surface area contributed by atoms with Crippen LogP contribution in [0.15, 0.2) is 35.5 Å². The van der Waals surface area contributed by atoms with Crippen LogP contribution in [-0.4, -0.2) is 59.1 Å². The van der Waals surface area contributed by atoms with Gasteiger partial charge in [-0.3, -0.25) is 9.59 Å². The second-order valence-electron chi connectivity index (χ2n) is 7.79. The van der Waals surface area contributed by atoms with Gasteiger partial charge < -0.3 is 24.4 Å². The van der Waals surface area contributed by atoms with Crippen molar-refractivity contribution in [1.29, 1.82) is 0 Å². The van der Waals surface area contributed by atoms with Crippen molar-refractivity contribution in [2.24, 2.45) is 11.8 Å². The first-order valence-corrected chi connectivity index (χ1v) is 10.0. The van der Waals surface area contributed by atoms with Crippen molar-refractivity contribution in [3.05, 3.63) is 35.5 Å². The van der Waals surface area contributed by atoms with Crippen LogP contribution < -0.4 is 0 Å². The Balaban J connectivity index is 2.53. The highest BCUT2D eigenvalue weighted by molar-refractivity contribution is 5.91. The summed E-state index contributed by atoms with van der Waals surface area (Å²) in [5.41, 5.74) is 0.876. The molecule has 2 N–H and O–H groups in total. The molecule has 0 aromatic carbocycles. The van der Waals surface area contributed by atoms with Gasteiger partial charge in [-0.15, -0.1) is 0 Å². The van der Waals surface area contributed by atoms with Gasteiger partial charge >= 0.3 is 17.9 Å². The second-order valence-corrected chi connectivity index (χ2v) is 7.79. The number of carbonyl (C=O) groups excluding carboxylic acids is 3. The first kappa shape index (κ1) is 23.8. The fourth-order valence-corrected chi connectivity index (χ4v) is 3.47. The summed E-state index contributed by atoms with van der Waals surface area (Å²) in [7, 11) is 0. The number of aliphatic hydroxyl groups is 2. The zero-order valence-electron chi connectivity index (χ0n) is 17.8. The van der Waals surface area contributed by atoms with Gasteiger partial charge in [0.1, 0.15) is 18.3 Å². The lowest BCUT2D eigenvalue weighted by Gasteiger charge is -2.29. The molecule has 0 aromatic heterocycles. The van der Waals surface area contributed by atoms with Crippen LogP contribution in [0.3, 0.4) is 0 Å². The van der Waals surface area contributed by atoms with Gasteiger partial charge in [0, 0.05) is 18.9 Å². The summed E-state index contributed by atoms with van der Waals surface area (Å²) in [5, 5.41) is 20.5. The molecule has 0 unspecified atom stereocenters. The van der Waals surface area contributed by atoms with E-state index in [2.05, 4.69) is 6.58 Å². The van der Waals surface area contributed by atoms with Crippen molar-refractivity contribution >= 4 is 17.9 Å². The van der Waals surface area contributed by atoms with Gasteiger partial charge in [0.05, 0.1) is 24.5 Å². The smallest absolute Gasteiger partial charge is 0.334 e. The maximum Gasteiger partial charge on any atom is 0.334 e. The summed E-state index contributed by atoms with van der Waals surface area (Å²) in [6.07, 6.45) is -0.0639. The summed E-state index contributed by atoms with van der Waals surface area (Å²) in [5.74, 6) is -2.74. The number of carbonyl (C=O) groups is 3. The molecule has 8 heteroatoms. The summed E-state index contributed by atoms with van der Waals surface area (Å²) >= 11 is 0. The average Bonchev–Trinajstić information content (AvgIpc) is 2.96. The molecule has 0 aromatic rings. The van der Waals surface area contributed by atoms with Gasteiger partial charge in [0.15, 0.2) is 0 Å². The summed E-state index contributed by atoms with van der Waals surface area (Å²) < 4.78 is 16.4. The minimum Gasteiger partial charge on any atom is -0.458 e. The SMILES string of the molecule is C=C1C(=O)O[C@@H]2/C=C(/CO)[C@@H](OC(C)=O)C[C@@H](O)/C(C)=C/[C@@H](OC(=O)[C@H](C)CC)[C@@H]12. The molecule has 1 heterocycles. The molecule has 8 nitrogen and oxygen atoms in total. The Labute approximate surface area is 176 Å². The Hall–Kier alpha value is -2.45. The molecule has 0 spiro atoms. The van der Waals surface area contributed by atoms with Crippen LogP contribution in [0.25, 0.3) is 0 Å². The Kier molecular flexibility index (Phi) is 7.97. The molecule has 0 amide bonds. The zero-order valence-corrected chi connectivity index (χ0v) is 17.8. The molecule has 2 aliphatic rings. The van der Waals surface area contributed by atoms with Gasteiger partial charge in [-0.1, -0.05) is 20.4 Å². The van der Waals surface area contributed by atoms with E-state index in [1.807, 2.05) is 6.92 Å². The molecule has 0 saturated carbocycles. The van der Waals surface area contributed by atoms with Gasteiger partial charge in [-0.25, -0.2) is 4.79 Å². The van der Waals surface area contributed by atoms with Gasteiger partial charge in [0.25, 0.3) is 0 Å². The second kappa shape index (κ2) is 10.0. The van der Waals surface area contributed by atoms with Crippen LogP contribution in [0.4, 0.5) is 0 Å². The number of hydrogen-bond donors (Lipinski definition) is 2. The number of esters is 3. The number of ether oxygens (including phenoxy) is 3. The number of aliphatic hydroxyl groups excluding tert-OH is 2. The average molecular weight is 422 g/mol. The van der Waals surface area contributed by atoms with Crippen molar-refractivity contribution in [2.45, 2.75) is 65.0 Å². The molecule has 30 heavy (non-hydrogen) atoms. The molecule has 6 atom stereocenters. The van der Waals surface area contributed by atoms with Crippen LogP contribution >= 0.6 is 0 Å². The topological polar surface area (TPSA) is 119 Å². The van der Waals surface area contributed by atoms with E-state index in [1.54, 1.807) is 19.9 Å². The predicted octanol–water partition coefficient (Wildman–Crippen LogP) is 1.60. The minimum atomic E-state index is -1.03. The largest absolute Gasteiger partial charge is 0.458 e. The van der Waals surface area contributed by atoms with E-state index in [4.69, 9.17) is 14.2 Å². The number of hydrogen-bond acceptors (Lipinski definition) is 8. The fourth-order valence-electron chi connectivity index (χ4n) is 3.47. The van der Waals surface area contributed by atoms with Crippen molar-refractivity contribution in [2.75, 3.05) is 6.61 Å².